The number of hydrogen-bond acceptors (Lipinski definition) is 4. The molecule has 0 spiro atoms. The molecule has 1 saturated heterocycles. The van der Waals surface area contributed by atoms with Crippen molar-refractivity contribution in [3.05, 3.63) is 39.2 Å². The molecule has 33 heavy (non-hydrogen) atoms. The second-order valence-corrected chi connectivity index (χ2v) is 10.5. The van der Waals surface area contributed by atoms with E-state index in [0.717, 1.165) is 10.1 Å². The van der Waals surface area contributed by atoms with Gasteiger partial charge in [-0.25, -0.2) is 0 Å². The molecule has 2 heterocycles. The molecule has 1 aliphatic heterocycles. The number of benzene rings is 1. The summed E-state index contributed by atoms with van der Waals surface area (Å²) in [7, 11) is 0. The first-order valence-corrected chi connectivity index (χ1v) is 12.6. The summed E-state index contributed by atoms with van der Waals surface area (Å²) in [6.45, 7) is 4.93. The molecule has 2 N–H and O–H groups in total. The number of likely N-dealkylation sites (tertiary alicyclic amines) is 1. The Labute approximate surface area is 207 Å². The molecular formula is C24H28Cl2N2O4S. The zero-order chi connectivity index (χ0) is 24.1. The van der Waals surface area contributed by atoms with E-state index in [4.69, 9.17) is 28.3 Å². The quantitative estimate of drug-likeness (QED) is 0.461. The highest BCUT2D eigenvalue weighted by Crippen LogP contribution is 2.37. The number of aliphatic carboxylic acids is 1. The Kier molecular flexibility index (Phi) is 8.79. The van der Waals surface area contributed by atoms with Crippen LogP contribution in [0.15, 0.2) is 23.6 Å². The summed E-state index contributed by atoms with van der Waals surface area (Å²) < 4.78 is 0.921. The van der Waals surface area contributed by atoms with Crippen LogP contribution < -0.4 is 5.32 Å². The first-order valence-electron chi connectivity index (χ1n) is 11.0. The lowest BCUT2D eigenvalue weighted by Gasteiger charge is -2.31. The maximum Gasteiger partial charge on any atom is 0.305 e. The highest BCUT2D eigenvalue weighted by Gasteiger charge is 2.28. The van der Waals surface area contributed by atoms with Crippen molar-refractivity contribution in [2.24, 2.45) is 11.8 Å². The second kappa shape index (κ2) is 11.4. The summed E-state index contributed by atoms with van der Waals surface area (Å²) in [6, 6.07) is 3.49. The maximum absolute atomic E-state index is 12.7. The SMILES string of the molecule is CC(C)CC(CC(=O)O)NC(=O)C1CCN(C(=O)C=Cc2cc3ccsc3c(Cl)c2Cl)CC1. The van der Waals surface area contributed by atoms with Crippen molar-refractivity contribution in [2.75, 3.05) is 13.1 Å². The minimum atomic E-state index is -0.923. The number of carbonyl (C=O) groups excluding carboxylic acids is 2. The molecule has 1 atom stereocenters. The van der Waals surface area contributed by atoms with Crippen LogP contribution in [-0.2, 0) is 14.4 Å². The van der Waals surface area contributed by atoms with Crippen molar-refractivity contribution in [1.29, 1.82) is 0 Å². The molecule has 0 saturated carbocycles. The van der Waals surface area contributed by atoms with Gasteiger partial charge in [-0.1, -0.05) is 37.0 Å². The van der Waals surface area contributed by atoms with E-state index in [1.165, 1.54) is 17.4 Å². The van der Waals surface area contributed by atoms with Crippen molar-refractivity contribution in [3.63, 3.8) is 0 Å². The van der Waals surface area contributed by atoms with Crippen molar-refractivity contribution in [2.45, 2.75) is 45.6 Å². The molecule has 0 aliphatic carbocycles. The molecule has 3 rings (SSSR count). The Hall–Kier alpha value is -2.09. The van der Waals surface area contributed by atoms with Gasteiger partial charge in [-0.05, 0) is 59.7 Å². The van der Waals surface area contributed by atoms with Crippen LogP contribution in [0.3, 0.4) is 0 Å². The van der Waals surface area contributed by atoms with Crippen LogP contribution in [-0.4, -0.2) is 46.9 Å². The van der Waals surface area contributed by atoms with E-state index in [0.29, 0.717) is 48.0 Å². The third-order valence-corrected chi connectivity index (χ3v) is 7.70. The predicted molar refractivity (Wildman–Crippen MR) is 134 cm³/mol. The lowest BCUT2D eigenvalue weighted by Crippen LogP contribution is -2.45. The average Bonchev–Trinajstić information content (AvgIpc) is 3.23. The minimum absolute atomic E-state index is 0.0875. The van der Waals surface area contributed by atoms with Gasteiger partial charge in [0.15, 0.2) is 0 Å². The fourth-order valence-corrected chi connectivity index (χ4v) is 5.55. The smallest absolute Gasteiger partial charge is 0.305 e. The highest BCUT2D eigenvalue weighted by atomic mass is 35.5. The number of carbonyl (C=O) groups is 3. The molecule has 1 fully saturated rings. The second-order valence-electron chi connectivity index (χ2n) is 8.80. The molecule has 0 bridgehead atoms. The fourth-order valence-electron chi connectivity index (χ4n) is 4.11. The summed E-state index contributed by atoms with van der Waals surface area (Å²) in [5.74, 6) is -1.14. The molecular weight excluding hydrogens is 483 g/mol. The van der Waals surface area contributed by atoms with Crippen LogP contribution in [0, 0.1) is 11.8 Å². The molecule has 6 nitrogen and oxygen atoms in total. The molecule has 178 valence electrons. The minimum Gasteiger partial charge on any atom is -0.481 e. The largest absolute Gasteiger partial charge is 0.481 e. The van der Waals surface area contributed by atoms with Gasteiger partial charge in [-0.15, -0.1) is 11.3 Å². The topological polar surface area (TPSA) is 86.7 Å². The first-order chi connectivity index (χ1) is 15.7. The molecule has 0 radical (unpaired) electrons. The molecule has 1 aromatic carbocycles. The van der Waals surface area contributed by atoms with Crippen LogP contribution in [0.5, 0.6) is 0 Å². The van der Waals surface area contributed by atoms with Gasteiger partial charge < -0.3 is 15.3 Å². The summed E-state index contributed by atoms with van der Waals surface area (Å²) in [6.07, 6.45) is 4.77. The summed E-state index contributed by atoms with van der Waals surface area (Å²) in [5, 5.41) is 15.8. The van der Waals surface area contributed by atoms with Gasteiger partial charge in [-0.3, -0.25) is 14.4 Å². The standard InChI is InChI=1S/C24H28Cl2N2O4S/c1-14(2)11-18(13-20(30)31)27-24(32)15-5-8-28(9-6-15)19(29)4-3-16-12-17-7-10-33-23(17)22(26)21(16)25/h3-4,7,10,12,14-15,18H,5-6,8-9,11,13H2,1-2H3,(H,27,32)(H,30,31). The molecule has 1 aliphatic rings. The number of thiophene rings is 1. The number of nitrogens with zero attached hydrogens (tertiary/aromatic N) is 1. The van der Waals surface area contributed by atoms with E-state index in [-0.39, 0.29) is 36.1 Å². The van der Waals surface area contributed by atoms with E-state index in [9.17, 15) is 14.4 Å². The number of carboxylic acid groups (broad SMARTS) is 1. The summed E-state index contributed by atoms with van der Waals surface area (Å²) in [5.41, 5.74) is 0.685. The highest BCUT2D eigenvalue weighted by molar-refractivity contribution is 7.18. The van der Waals surface area contributed by atoms with Gasteiger partial charge in [0.1, 0.15) is 0 Å². The Morgan fingerprint density at radius 3 is 2.58 bits per heavy atom. The number of piperidine rings is 1. The Bertz CT molecular complexity index is 1060. The van der Waals surface area contributed by atoms with Gasteiger partial charge in [0.05, 0.1) is 21.2 Å². The maximum atomic E-state index is 12.7. The van der Waals surface area contributed by atoms with Gasteiger partial charge in [-0.2, -0.15) is 0 Å². The number of halogens is 2. The Morgan fingerprint density at radius 1 is 1.24 bits per heavy atom. The normalized spacial score (nSPS) is 16.0. The Balaban J connectivity index is 1.56. The number of amides is 2. The predicted octanol–water partition coefficient (Wildman–Crippen LogP) is 5.47. The molecule has 1 aromatic heterocycles. The lowest BCUT2D eigenvalue weighted by atomic mass is 9.94. The summed E-state index contributed by atoms with van der Waals surface area (Å²) >= 11 is 14.2. The van der Waals surface area contributed by atoms with E-state index in [2.05, 4.69) is 5.32 Å². The van der Waals surface area contributed by atoms with Crippen LogP contribution in [0.4, 0.5) is 0 Å². The number of carboxylic acids is 1. The third kappa shape index (κ3) is 6.71. The van der Waals surface area contributed by atoms with E-state index < -0.39 is 5.97 Å². The van der Waals surface area contributed by atoms with Gasteiger partial charge in [0.25, 0.3) is 0 Å². The molecule has 1 unspecified atom stereocenters. The van der Waals surface area contributed by atoms with Gasteiger partial charge in [0.2, 0.25) is 11.8 Å². The van der Waals surface area contributed by atoms with E-state index in [1.807, 2.05) is 31.4 Å². The number of fused-ring (bicyclic) bond motifs is 1. The summed E-state index contributed by atoms with van der Waals surface area (Å²) in [4.78, 5) is 38.2. The van der Waals surface area contributed by atoms with Crippen molar-refractivity contribution in [3.8, 4) is 0 Å². The first kappa shape index (κ1) is 25.5. The number of rotatable bonds is 8. The number of hydrogen-bond donors (Lipinski definition) is 2. The van der Waals surface area contributed by atoms with E-state index >= 15 is 0 Å². The van der Waals surface area contributed by atoms with Crippen LogP contribution >= 0.6 is 34.5 Å². The molecule has 2 amide bonds. The van der Waals surface area contributed by atoms with Crippen molar-refractivity contribution in [1.82, 2.24) is 10.2 Å². The zero-order valence-electron chi connectivity index (χ0n) is 18.6. The van der Waals surface area contributed by atoms with Crippen molar-refractivity contribution < 1.29 is 19.5 Å². The lowest BCUT2D eigenvalue weighted by molar-refractivity contribution is -0.138. The van der Waals surface area contributed by atoms with Gasteiger partial charge in [0, 0.05) is 31.1 Å². The molecule has 2 aromatic rings. The van der Waals surface area contributed by atoms with Gasteiger partial charge >= 0.3 is 5.97 Å². The van der Waals surface area contributed by atoms with Crippen LogP contribution in [0.1, 0.15) is 45.1 Å². The van der Waals surface area contributed by atoms with E-state index in [1.54, 1.807) is 11.0 Å². The van der Waals surface area contributed by atoms with Crippen LogP contribution in [0.2, 0.25) is 10.0 Å². The monoisotopic (exact) mass is 510 g/mol. The van der Waals surface area contributed by atoms with Crippen molar-refractivity contribution >= 4 is 68.5 Å². The zero-order valence-corrected chi connectivity index (χ0v) is 21.0. The Morgan fingerprint density at radius 2 is 1.94 bits per heavy atom. The molecule has 9 heteroatoms. The number of nitrogens with one attached hydrogen (secondary N) is 1. The van der Waals surface area contributed by atoms with Crippen LogP contribution in [0.25, 0.3) is 16.2 Å². The third-order valence-electron chi connectivity index (χ3n) is 5.76. The fraction of sp³-hybridized carbons (Fsp3) is 0.458. The average molecular weight is 511 g/mol.